The number of fused-ring (bicyclic) bond motifs is 1. The molecule has 7 heteroatoms. The normalized spacial score (nSPS) is 13.1. The highest BCUT2D eigenvalue weighted by atomic mass is 32.1. The first-order chi connectivity index (χ1) is 12.9. The topological polar surface area (TPSA) is 82.4 Å². The number of anilines is 1. The van der Waals surface area contributed by atoms with Crippen molar-refractivity contribution in [3.63, 3.8) is 0 Å². The van der Waals surface area contributed by atoms with Crippen molar-refractivity contribution in [2.24, 2.45) is 0 Å². The lowest BCUT2D eigenvalue weighted by Crippen LogP contribution is -2.33. The summed E-state index contributed by atoms with van der Waals surface area (Å²) in [4.78, 5) is 26.9. The van der Waals surface area contributed by atoms with Gasteiger partial charge < -0.3 is 15.0 Å². The fourth-order valence-electron chi connectivity index (χ4n) is 3.01. The Bertz CT molecular complexity index is 910. The van der Waals surface area contributed by atoms with E-state index in [1.54, 1.807) is 36.1 Å². The van der Waals surface area contributed by atoms with E-state index >= 15 is 0 Å². The maximum Gasteiger partial charge on any atom is 0.256 e. The predicted octanol–water partition coefficient (Wildman–Crippen LogP) is 3.56. The number of ether oxygens (including phenoxy) is 1. The first kappa shape index (κ1) is 18.9. The summed E-state index contributed by atoms with van der Waals surface area (Å²) in [7, 11) is 0. The van der Waals surface area contributed by atoms with Gasteiger partial charge in [-0.05, 0) is 50.1 Å². The number of nitrogens with one attached hydrogen (secondary N) is 1. The zero-order valence-corrected chi connectivity index (χ0v) is 16.4. The summed E-state index contributed by atoms with van der Waals surface area (Å²) in [5.41, 5.74) is 1.94. The molecule has 1 aliphatic rings. The van der Waals surface area contributed by atoms with E-state index < -0.39 is 0 Å². The first-order valence-electron chi connectivity index (χ1n) is 8.77. The van der Waals surface area contributed by atoms with Gasteiger partial charge >= 0.3 is 0 Å². The molecule has 6 nitrogen and oxygen atoms in total. The molecule has 0 spiro atoms. The van der Waals surface area contributed by atoms with Crippen molar-refractivity contribution in [1.29, 1.82) is 5.26 Å². The van der Waals surface area contributed by atoms with E-state index in [0.717, 1.165) is 10.4 Å². The second-order valence-corrected chi connectivity index (χ2v) is 7.76. The first-order valence-corrected chi connectivity index (χ1v) is 9.59. The van der Waals surface area contributed by atoms with Crippen molar-refractivity contribution in [1.82, 2.24) is 4.90 Å². The van der Waals surface area contributed by atoms with Crippen molar-refractivity contribution < 1.29 is 14.3 Å². The minimum absolute atomic E-state index is 0.0156. The van der Waals surface area contributed by atoms with Crippen LogP contribution in [0.15, 0.2) is 24.3 Å². The van der Waals surface area contributed by atoms with Crippen LogP contribution in [0.2, 0.25) is 0 Å². The van der Waals surface area contributed by atoms with E-state index in [1.807, 2.05) is 13.8 Å². The van der Waals surface area contributed by atoms with E-state index in [4.69, 9.17) is 4.74 Å². The molecule has 1 N–H and O–H groups in total. The zero-order chi connectivity index (χ0) is 19.6. The molecule has 1 aromatic heterocycles. The average Bonchev–Trinajstić information content (AvgIpc) is 2.97. The van der Waals surface area contributed by atoms with E-state index in [-0.39, 0.29) is 17.9 Å². The van der Waals surface area contributed by atoms with Crippen LogP contribution in [0.3, 0.4) is 0 Å². The van der Waals surface area contributed by atoms with E-state index in [9.17, 15) is 14.9 Å². The van der Waals surface area contributed by atoms with Gasteiger partial charge in [-0.15, -0.1) is 11.3 Å². The Morgan fingerprint density at radius 3 is 2.59 bits per heavy atom. The SMILES string of the molecule is CC(=O)N1CCc2c(sc(NC(=O)c3ccc(OC(C)C)cc3)c2C#N)C1. The monoisotopic (exact) mass is 383 g/mol. The second kappa shape index (κ2) is 7.80. The molecule has 2 heterocycles. The number of hydrogen-bond donors (Lipinski definition) is 1. The van der Waals surface area contributed by atoms with Gasteiger partial charge in [0.15, 0.2) is 0 Å². The Balaban J connectivity index is 1.78. The number of carbonyl (C=O) groups is 2. The number of benzene rings is 1. The quantitative estimate of drug-likeness (QED) is 0.875. The number of nitriles is 1. The summed E-state index contributed by atoms with van der Waals surface area (Å²) in [6.07, 6.45) is 0.695. The van der Waals surface area contributed by atoms with Crippen LogP contribution in [-0.2, 0) is 17.8 Å². The van der Waals surface area contributed by atoms with Crippen molar-refractivity contribution in [3.8, 4) is 11.8 Å². The minimum atomic E-state index is -0.274. The van der Waals surface area contributed by atoms with E-state index in [0.29, 0.717) is 41.4 Å². The van der Waals surface area contributed by atoms with Crippen LogP contribution in [0, 0.1) is 11.3 Å². The maximum absolute atomic E-state index is 12.6. The molecular formula is C20H21N3O3S. The zero-order valence-electron chi connectivity index (χ0n) is 15.5. The van der Waals surface area contributed by atoms with Crippen molar-refractivity contribution in [3.05, 3.63) is 45.8 Å². The van der Waals surface area contributed by atoms with Crippen LogP contribution in [0.25, 0.3) is 0 Å². The summed E-state index contributed by atoms with van der Waals surface area (Å²) in [5.74, 6) is 0.446. The van der Waals surface area contributed by atoms with E-state index in [2.05, 4.69) is 11.4 Å². The summed E-state index contributed by atoms with van der Waals surface area (Å²) in [6, 6.07) is 9.11. The summed E-state index contributed by atoms with van der Waals surface area (Å²) in [6.45, 7) is 6.50. The lowest BCUT2D eigenvalue weighted by atomic mass is 10.0. The molecule has 0 unspecified atom stereocenters. The van der Waals surface area contributed by atoms with Crippen LogP contribution >= 0.6 is 11.3 Å². The predicted molar refractivity (Wildman–Crippen MR) is 104 cm³/mol. The second-order valence-electron chi connectivity index (χ2n) is 6.66. The number of thiophene rings is 1. The van der Waals surface area contributed by atoms with Gasteiger partial charge in [0.1, 0.15) is 16.8 Å². The standard InChI is InChI=1S/C20H21N3O3S/c1-12(2)26-15-6-4-14(5-7-15)19(25)22-20-17(10-21)16-8-9-23(13(3)24)11-18(16)27-20/h4-7,12H,8-9,11H2,1-3H3,(H,22,25). The molecule has 0 saturated carbocycles. The van der Waals surface area contributed by atoms with Gasteiger partial charge in [0, 0.05) is 23.9 Å². The van der Waals surface area contributed by atoms with Crippen molar-refractivity contribution in [2.45, 2.75) is 39.8 Å². The Labute approximate surface area is 162 Å². The number of amides is 2. The molecule has 0 radical (unpaired) electrons. The van der Waals surface area contributed by atoms with Gasteiger partial charge in [0.25, 0.3) is 5.91 Å². The highest BCUT2D eigenvalue weighted by molar-refractivity contribution is 7.16. The molecule has 2 aromatic rings. The molecule has 140 valence electrons. The third kappa shape index (κ3) is 4.12. The Hall–Kier alpha value is -2.85. The molecule has 0 saturated heterocycles. The maximum atomic E-state index is 12.6. The highest BCUT2D eigenvalue weighted by Crippen LogP contribution is 2.37. The molecule has 0 bridgehead atoms. The van der Waals surface area contributed by atoms with Gasteiger partial charge in [-0.1, -0.05) is 0 Å². The van der Waals surface area contributed by atoms with Gasteiger partial charge in [0.05, 0.1) is 18.2 Å². The molecule has 0 atom stereocenters. The molecule has 27 heavy (non-hydrogen) atoms. The largest absolute Gasteiger partial charge is 0.491 e. The molecular weight excluding hydrogens is 362 g/mol. The lowest BCUT2D eigenvalue weighted by molar-refractivity contribution is -0.129. The van der Waals surface area contributed by atoms with Crippen molar-refractivity contribution >= 4 is 28.2 Å². The summed E-state index contributed by atoms with van der Waals surface area (Å²) < 4.78 is 5.58. The Morgan fingerprint density at radius 1 is 1.30 bits per heavy atom. The fourth-order valence-corrected chi connectivity index (χ4v) is 4.22. The minimum Gasteiger partial charge on any atom is -0.491 e. The van der Waals surface area contributed by atoms with Gasteiger partial charge in [-0.2, -0.15) is 5.26 Å². The summed E-state index contributed by atoms with van der Waals surface area (Å²) in [5, 5.41) is 12.9. The Kier molecular flexibility index (Phi) is 5.47. The van der Waals surface area contributed by atoms with Crippen LogP contribution in [0.5, 0.6) is 5.75 Å². The van der Waals surface area contributed by atoms with Gasteiger partial charge in [-0.3, -0.25) is 9.59 Å². The fraction of sp³-hybridized carbons (Fsp3) is 0.350. The molecule has 0 aliphatic carbocycles. The van der Waals surface area contributed by atoms with Gasteiger partial charge in [-0.25, -0.2) is 0 Å². The van der Waals surface area contributed by atoms with Crippen LogP contribution < -0.4 is 10.1 Å². The van der Waals surface area contributed by atoms with Crippen LogP contribution in [-0.4, -0.2) is 29.4 Å². The molecule has 2 amide bonds. The number of carbonyl (C=O) groups excluding carboxylic acids is 2. The number of rotatable bonds is 4. The number of hydrogen-bond acceptors (Lipinski definition) is 5. The molecule has 1 aromatic carbocycles. The molecule has 0 fully saturated rings. The molecule has 3 rings (SSSR count). The van der Waals surface area contributed by atoms with Crippen LogP contribution in [0.4, 0.5) is 5.00 Å². The summed E-state index contributed by atoms with van der Waals surface area (Å²) >= 11 is 1.37. The third-order valence-corrected chi connectivity index (χ3v) is 5.46. The smallest absolute Gasteiger partial charge is 0.256 e. The highest BCUT2D eigenvalue weighted by Gasteiger charge is 2.26. The van der Waals surface area contributed by atoms with Crippen molar-refractivity contribution in [2.75, 3.05) is 11.9 Å². The Morgan fingerprint density at radius 2 is 2.00 bits per heavy atom. The lowest BCUT2D eigenvalue weighted by Gasteiger charge is -2.25. The number of nitrogens with zero attached hydrogens (tertiary/aromatic N) is 2. The average molecular weight is 383 g/mol. The third-order valence-electron chi connectivity index (χ3n) is 4.33. The molecule has 1 aliphatic heterocycles. The van der Waals surface area contributed by atoms with Gasteiger partial charge in [0.2, 0.25) is 5.91 Å². The van der Waals surface area contributed by atoms with Crippen LogP contribution in [0.1, 0.15) is 47.1 Å². The van der Waals surface area contributed by atoms with E-state index in [1.165, 1.54) is 11.3 Å².